The van der Waals surface area contributed by atoms with E-state index < -0.39 is 0 Å². The lowest BCUT2D eigenvalue weighted by atomic mass is 10.1. The first-order chi connectivity index (χ1) is 22.2. The van der Waals surface area contributed by atoms with Crippen LogP contribution in [0.25, 0.3) is 22.1 Å². The monoisotopic (exact) mass is 654 g/mol. The third-order valence-electron chi connectivity index (χ3n) is 8.09. The third kappa shape index (κ3) is 13.9. The first kappa shape index (κ1) is 37.1. The maximum Gasteiger partial charge on any atom is 0.236 e. The van der Waals surface area contributed by atoms with Gasteiger partial charge in [0.25, 0.3) is 0 Å². The molecule has 4 aromatic heterocycles. The van der Waals surface area contributed by atoms with E-state index in [1.165, 1.54) is 96.3 Å². The van der Waals surface area contributed by atoms with Crippen LogP contribution in [0.3, 0.4) is 0 Å². The molecule has 0 atom stereocenters. The molecule has 0 aliphatic rings. The van der Waals surface area contributed by atoms with Gasteiger partial charge < -0.3 is 9.47 Å². The summed E-state index contributed by atoms with van der Waals surface area (Å²) in [7, 11) is 0. The highest BCUT2D eigenvalue weighted by molar-refractivity contribution is 7.09. The molecule has 8 heteroatoms. The van der Waals surface area contributed by atoms with E-state index in [-0.39, 0.29) is 0 Å². The Labute approximate surface area is 280 Å². The van der Waals surface area contributed by atoms with E-state index in [4.69, 9.17) is 9.47 Å². The average Bonchev–Trinajstić information content (AvgIpc) is 3.73. The fraction of sp³-hybridized carbons (Fsp3) is 0.676. The van der Waals surface area contributed by atoms with E-state index in [1.807, 2.05) is 21.5 Å². The number of nitrogens with zero attached hydrogens (tertiary/aromatic N) is 4. The minimum absolute atomic E-state index is 0.733. The van der Waals surface area contributed by atoms with Gasteiger partial charge in [-0.25, -0.2) is 19.9 Å². The lowest BCUT2D eigenvalue weighted by Crippen LogP contribution is -2.04. The van der Waals surface area contributed by atoms with Gasteiger partial charge in [0.1, 0.15) is 22.4 Å². The summed E-state index contributed by atoms with van der Waals surface area (Å²) in [6.07, 6.45) is 24.2. The number of hydrogen-bond acceptors (Lipinski definition) is 8. The molecule has 0 fully saturated rings. The predicted molar refractivity (Wildman–Crippen MR) is 194 cm³/mol. The third-order valence-corrected chi connectivity index (χ3v) is 9.52. The summed E-state index contributed by atoms with van der Waals surface area (Å²) in [5.74, 6) is 1.47. The fourth-order valence-electron chi connectivity index (χ4n) is 5.31. The van der Waals surface area contributed by atoms with Crippen LogP contribution in [0.2, 0.25) is 0 Å². The zero-order chi connectivity index (χ0) is 32.0. The number of hydrogen-bond donors (Lipinski definition) is 0. The van der Waals surface area contributed by atoms with Crippen LogP contribution < -0.4 is 9.47 Å². The molecule has 4 heterocycles. The van der Waals surface area contributed by atoms with Crippen molar-refractivity contribution in [2.24, 2.45) is 0 Å². The maximum absolute atomic E-state index is 5.90. The standard InChI is InChI=1S/C19H30N2OS.C18H28N2OS/c1-3-5-6-7-8-9-10-11-12-13-22-19-16(4-2)20-17-14-23-15-18(17)21-19;1-3-5-6-7-8-9-10-11-12-21-18-15(4-2)19-16-13-22-14-17(16)20-18/h14-15H,3-13H2,1-2H3;13-14H,3-12H2,1-2H3. The highest BCUT2D eigenvalue weighted by Crippen LogP contribution is 2.24. The Bertz CT molecular complexity index is 1320. The normalized spacial score (nSPS) is 11.2. The fourth-order valence-corrected chi connectivity index (χ4v) is 6.66. The van der Waals surface area contributed by atoms with Gasteiger partial charge in [0.15, 0.2) is 0 Å². The molecule has 45 heavy (non-hydrogen) atoms. The summed E-state index contributed by atoms with van der Waals surface area (Å²) >= 11 is 3.29. The van der Waals surface area contributed by atoms with Crippen LogP contribution in [0, 0.1) is 0 Å². The molecule has 0 aliphatic carbocycles. The van der Waals surface area contributed by atoms with Crippen molar-refractivity contribution < 1.29 is 9.47 Å². The van der Waals surface area contributed by atoms with Gasteiger partial charge in [-0.1, -0.05) is 124 Å². The van der Waals surface area contributed by atoms with Gasteiger partial charge in [0.05, 0.1) is 24.2 Å². The van der Waals surface area contributed by atoms with E-state index in [0.29, 0.717) is 0 Å². The second-order valence-corrected chi connectivity index (χ2v) is 13.4. The summed E-state index contributed by atoms with van der Waals surface area (Å²) in [6, 6.07) is 0. The van der Waals surface area contributed by atoms with Crippen molar-refractivity contribution in [1.82, 2.24) is 19.9 Å². The first-order valence-electron chi connectivity index (χ1n) is 17.9. The van der Waals surface area contributed by atoms with Gasteiger partial charge in [0, 0.05) is 21.5 Å². The summed E-state index contributed by atoms with van der Waals surface area (Å²) in [5, 5.41) is 8.16. The van der Waals surface area contributed by atoms with Crippen molar-refractivity contribution in [3.63, 3.8) is 0 Å². The summed E-state index contributed by atoms with van der Waals surface area (Å²) in [5.41, 5.74) is 5.84. The quantitative estimate of drug-likeness (QED) is 0.0741. The molecule has 0 unspecified atom stereocenters. The van der Waals surface area contributed by atoms with Crippen molar-refractivity contribution in [2.75, 3.05) is 13.2 Å². The Morgan fingerprint density at radius 3 is 1.07 bits per heavy atom. The van der Waals surface area contributed by atoms with E-state index >= 15 is 0 Å². The Morgan fingerprint density at radius 1 is 0.422 bits per heavy atom. The zero-order valence-corrected chi connectivity index (χ0v) is 30.2. The van der Waals surface area contributed by atoms with Crippen LogP contribution in [0.4, 0.5) is 0 Å². The van der Waals surface area contributed by atoms with Gasteiger partial charge in [0.2, 0.25) is 11.8 Å². The Kier molecular flexibility index (Phi) is 19.0. The number of aromatic nitrogens is 4. The van der Waals surface area contributed by atoms with Crippen LogP contribution in [0.15, 0.2) is 21.5 Å². The minimum atomic E-state index is 0.733. The van der Waals surface area contributed by atoms with Crippen LogP contribution >= 0.6 is 22.7 Å². The number of aryl methyl sites for hydroxylation is 2. The van der Waals surface area contributed by atoms with Crippen molar-refractivity contribution in [3.8, 4) is 11.8 Å². The molecular weight excluding hydrogens is 597 g/mol. The first-order valence-corrected chi connectivity index (χ1v) is 19.8. The van der Waals surface area contributed by atoms with E-state index in [1.54, 1.807) is 22.7 Å². The number of thiophene rings is 2. The van der Waals surface area contributed by atoms with Gasteiger partial charge >= 0.3 is 0 Å². The van der Waals surface area contributed by atoms with Crippen molar-refractivity contribution in [1.29, 1.82) is 0 Å². The van der Waals surface area contributed by atoms with E-state index in [2.05, 4.69) is 47.6 Å². The van der Waals surface area contributed by atoms with Crippen LogP contribution in [0.5, 0.6) is 11.8 Å². The molecular formula is C37H58N4O2S2. The molecule has 4 aromatic rings. The van der Waals surface area contributed by atoms with Gasteiger partial charge in [-0.15, -0.1) is 22.7 Å². The summed E-state index contributed by atoms with van der Waals surface area (Å²) in [6.45, 7) is 10.3. The number of rotatable bonds is 23. The van der Waals surface area contributed by atoms with Crippen LogP contribution in [0.1, 0.15) is 148 Å². The molecule has 0 aliphatic heterocycles. The molecule has 250 valence electrons. The van der Waals surface area contributed by atoms with Crippen molar-refractivity contribution in [2.45, 2.75) is 150 Å². The Balaban J connectivity index is 0.000000246. The van der Waals surface area contributed by atoms with E-state index in [0.717, 1.165) is 84.1 Å². The summed E-state index contributed by atoms with van der Waals surface area (Å²) < 4.78 is 11.8. The Hall–Kier alpha value is -2.32. The highest BCUT2D eigenvalue weighted by atomic mass is 32.1. The van der Waals surface area contributed by atoms with Crippen molar-refractivity contribution in [3.05, 3.63) is 32.9 Å². The predicted octanol–water partition coefficient (Wildman–Crippen LogP) is 11.9. The number of unbranched alkanes of at least 4 members (excludes halogenated alkanes) is 15. The lowest BCUT2D eigenvalue weighted by molar-refractivity contribution is 0.289. The smallest absolute Gasteiger partial charge is 0.236 e. The number of fused-ring (bicyclic) bond motifs is 2. The molecule has 0 N–H and O–H groups in total. The molecule has 0 bridgehead atoms. The maximum atomic E-state index is 5.90. The largest absolute Gasteiger partial charge is 0.476 e. The molecule has 0 aromatic carbocycles. The molecule has 4 rings (SSSR count). The minimum Gasteiger partial charge on any atom is -0.476 e. The molecule has 0 amide bonds. The molecule has 0 spiro atoms. The van der Waals surface area contributed by atoms with Gasteiger partial charge in [-0.3, -0.25) is 0 Å². The average molecular weight is 655 g/mol. The topological polar surface area (TPSA) is 70.0 Å². The van der Waals surface area contributed by atoms with Crippen molar-refractivity contribution >= 4 is 44.7 Å². The van der Waals surface area contributed by atoms with Gasteiger partial charge in [-0.05, 0) is 25.7 Å². The molecule has 0 saturated heterocycles. The lowest BCUT2D eigenvalue weighted by Gasteiger charge is -2.09. The second-order valence-electron chi connectivity index (χ2n) is 11.9. The van der Waals surface area contributed by atoms with Crippen LogP contribution in [-0.4, -0.2) is 33.1 Å². The van der Waals surface area contributed by atoms with Crippen LogP contribution in [-0.2, 0) is 12.8 Å². The molecule has 0 radical (unpaired) electrons. The molecule has 6 nitrogen and oxygen atoms in total. The SMILES string of the molecule is CCCCCCCCCCCOc1nc2cscc2nc1CC.CCCCCCCCCCOc1nc2cscc2nc1CC. The van der Waals surface area contributed by atoms with Gasteiger partial charge in [-0.2, -0.15) is 0 Å². The molecule has 0 saturated carbocycles. The number of ether oxygens (including phenoxy) is 2. The highest BCUT2D eigenvalue weighted by Gasteiger charge is 2.10. The van der Waals surface area contributed by atoms with E-state index in [9.17, 15) is 0 Å². The Morgan fingerprint density at radius 2 is 0.733 bits per heavy atom. The second kappa shape index (κ2) is 23.1. The summed E-state index contributed by atoms with van der Waals surface area (Å²) in [4.78, 5) is 18.5. The zero-order valence-electron chi connectivity index (χ0n) is 28.6.